The number of hydrogen-bond donors (Lipinski definition) is 0. The molecule has 0 amide bonds. The van der Waals surface area contributed by atoms with Crippen LogP contribution in [0.2, 0.25) is 0 Å². The number of nitrogens with zero attached hydrogens (tertiary/aromatic N) is 4. The largest absolute Gasteiger partial charge is 0.369 e. The molecule has 2 heterocycles. The second-order valence-corrected chi connectivity index (χ2v) is 10.5. The molecule has 0 spiro atoms. The van der Waals surface area contributed by atoms with E-state index in [4.69, 9.17) is 4.98 Å². The lowest BCUT2D eigenvalue weighted by molar-refractivity contribution is 0.309. The first-order chi connectivity index (χ1) is 16.9. The molecular formula is C31H40N4. The standard InChI is InChI=1S/C31H40N4/c1-7-33(8-2)15-16-34(20-25-13-14-25)28-19-24(6)32-31-29(28)26-11-9-10-12-27(26)35(31)30-22(4)17-21(3)18-23(30)5/h9-12,17-19,25H,7-8,13-16,20H2,1-6H3. The predicted octanol–water partition coefficient (Wildman–Crippen LogP) is 6.97. The van der Waals surface area contributed by atoms with Gasteiger partial charge < -0.3 is 9.80 Å². The molecule has 1 aliphatic carbocycles. The van der Waals surface area contributed by atoms with Crippen molar-refractivity contribution in [1.82, 2.24) is 14.5 Å². The Labute approximate surface area is 210 Å². The molecule has 4 nitrogen and oxygen atoms in total. The molecule has 0 N–H and O–H groups in total. The highest BCUT2D eigenvalue weighted by atomic mass is 15.2. The number of hydrogen-bond acceptors (Lipinski definition) is 3. The number of likely N-dealkylation sites (N-methyl/N-ethyl adjacent to an activating group) is 1. The zero-order chi connectivity index (χ0) is 24.7. The number of aryl methyl sites for hydroxylation is 4. The third kappa shape index (κ3) is 4.56. The quantitative estimate of drug-likeness (QED) is 0.265. The van der Waals surface area contributed by atoms with E-state index in [0.29, 0.717) is 0 Å². The Morgan fingerprint density at radius 1 is 0.914 bits per heavy atom. The van der Waals surface area contributed by atoms with Gasteiger partial charge in [0.1, 0.15) is 5.65 Å². The molecule has 0 radical (unpaired) electrons. The summed E-state index contributed by atoms with van der Waals surface area (Å²) in [5, 5.41) is 2.60. The second kappa shape index (κ2) is 9.66. The number of fused-ring (bicyclic) bond motifs is 3. The normalized spacial score (nSPS) is 13.9. The van der Waals surface area contributed by atoms with Crippen LogP contribution in [0.25, 0.3) is 27.6 Å². The molecule has 1 saturated carbocycles. The number of aromatic nitrogens is 2. The van der Waals surface area contributed by atoms with Gasteiger partial charge in [0.15, 0.2) is 0 Å². The van der Waals surface area contributed by atoms with Gasteiger partial charge in [-0.2, -0.15) is 0 Å². The summed E-state index contributed by atoms with van der Waals surface area (Å²) in [4.78, 5) is 10.4. The number of anilines is 1. The molecule has 4 aromatic rings. The van der Waals surface area contributed by atoms with Crippen molar-refractivity contribution in [2.24, 2.45) is 5.92 Å². The average molecular weight is 469 g/mol. The lowest BCUT2D eigenvalue weighted by Crippen LogP contribution is -2.36. The van der Waals surface area contributed by atoms with Crippen molar-refractivity contribution >= 4 is 27.6 Å². The molecule has 2 aromatic carbocycles. The van der Waals surface area contributed by atoms with Gasteiger partial charge in [0.25, 0.3) is 0 Å². The third-order valence-electron chi connectivity index (χ3n) is 7.69. The summed E-state index contributed by atoms with van der Waals surface area (Å²) in [7, 11) is 0. The molecule has 35 heavy (non-hydrogen) atoms. The van der Waals surface area contributed by atoms with Crippen LogP contribution in [0.15, 0.2) is 42.5 Å². The van der Waals surface area contributed by atoms with Crippen molar-refractivity contribution in [1.29, 1.82) is 0 Å². The van der Waals surface area contributed by atoms with Crippen LogP contribution in [0.5, 0.6) is 0 Å². The van der Waals surface area contributed by atoms with Gasteiger partial charge in [-0.05, 0) is 82.8 Å². The summed E-state index contributed by atoms with van der Waals surface area (Å²) in [5.41, 5.74) is 9.93. The maximum atomic E-state index is 5.19. The minimum Gasteiger partial charge on any atom is -0.369 e. The SMILES string of the molecule is CCN(CC)CCN(CC1CC1)c1cc(C)nc2c1c1ccccc1n2-c1c(C)cc(C)cc1C. The number of para-hydroxylation sites is 1. The lowest BCUT2D eigenvalue weighted by atomic mass is 10.0. The van der Waals surface area contributed by atoms with Crippen LogP contribution in [-0.4, -0.2) is 47.2 Å². The predicted molar refractivity (Wildman–Crippen MR) is 150 cm³/mol. The van der Waals surface area contributed by atoms with E-state index in [-0.39, 0.29) is 0 Å². The molecule has 4 heteroatoms. The first-order valence-electron chi connectivity index (χ1n) is 13.4. The molecule has 0 unspecified atom stereocenters. The molecule has 2 aromatic heterocycles. The van der Waals surface area contributed by atoms with Crippen LogP contribution in [0.1, 0.15) is 49.1 Å². The Hall–Kier alpha value is -2.85. The van der Waals surface area contributed by atoms with Gasteiger partial charge in [0.2, 0.25) is 0 Å². The van der Waals surface area contributed by atoms with Crippen LogP contribution in [0, 0.1) is 33.6 Å². The fourth-order valence-corrected chi connectivity index (χ4v) is 5.78. The van der Waals surface area contributed by atoms with E-state index in [2.05, 4.69) is 98.4 Å². The van der Waals surface area contributed by atoms with Crippen molar-refractivity contribution in [3.63, 3.8) is 0 Å². The topological polar surface area (TPSA) is 24.3 Å². The van der Waals surface area contributed by atoms with Gasteiger partial charge in [0.05, 0.1) is 22.3 Å². The van der Waals surface area contributed by atoms with E-state index >= 15 is 0 Å². The summed E-state index contributed by atoms with van der Waals surface area (Å²) >= 11 is 0. The summed E-state index contributed by atoms with van der Waals surface area (Å²) in [5.74, 6) is 0.824. The van der Waals surface area contributed by atoms with Crippen LogP contribution >= 0.6 is 0 Å². The Morgan fingerprint density at radius 3 is 2.26 bits per heavy atom. The van der Waals surface area contributed by atoms with Gasteiger partial charge in [-0.25, -0.2) is 4.98 Å². The van der Waals surface area contributed by atoms with Gasteiger partial charge in [-0.15, -0.1) is 0 Å². The Balaban J connectivity index is 1.75. The van der Waals surface area contributed by atoms with E-state index in [1.807, 2.05) is 0 Å². The Kier molecular flexibility index (Phi) is 6.59. The fraction of sp³-hybridized carbons (Fsp3) is 0.452. The molecule has 0 saturated heterocycles. The van der Waals surface area contributed by atoms with E-state index in [0.717, 1.165) is 50.0 Å². The van der Waals surface area contributed by atoms with Crippen molar-refractivity contribution < 1.29 is 0 Å². The van der Waals surface area contributed by atoms with Crippen LogP contribution < -0.4 is 4.90 Å². The molecule has 1 aliphatic rings. The maximum Gasteiger partial charge on any atom is 0.147 e. The smallest absolute Gasteiger partial charge is 0.147 e. The summed E-state index contributed by atoms with van der Waals surface area (Å²) in [6.07, 6.45) is 2.72. The second-order valence-electron chi connectivity index (χ2n) is 10.5. The van der Waals surface area contributed by atoms with Gasteiger partial charge >= 0.3 is 0 Å². The van der Waals surface area contributed by atoms with Crippen LogP contribution in [0.4, 0.5) is 5.69 Å². The first-order valence-corrected chi connectivity index (χ1v) is 13.4. The van der Waals surface area contributed by atoms with Gasteiger partial charge in [-0.1, -0.05) is 49.7 Å². The Bertz CT molecular complexity index is 1330. The maximum absolute atomic E-state index is 5.19. The zero-order valence-corrected chi connectivity index (χ0v) is 22.4. The van der Waals surface area contributed by atoms with E-state index in [1.165, 1.54) is 57.2 Å². The van der Waals surface area contributed by atoms with Crippen molar-refractivity contribution in [2.75, 3.05) is 37.6 Å². The minimum atomic E-state index is 0.824. The highest BCUT2D eigenvalue weighted by molar-refractivity contribution is 6.14. The summed E-state index contributed by atoms with van der Waals surface area (Å²) in [6.45, 7) is 18.8. The highest BCUT2D eigenvalue weighted by Crippen LogP contribution is 2.40. The molecule has 0 bridgehead atoms. The average Bonchev–Trinajstić information content (AvgIpc) is 3.59. The van der Waals surface area contributed by atoms with Gasteiger partial charge in [0, 0.05) is 30.7 Å². The fourth-order valence-electron chi connectivity index (χ4n) is 5.78. The zero-order valence-electron chi connectivity index (χ0n) is 22.4. The van der Waals surface area contributed by atoms with Crippen molar-refractivity contribution in [3.8, 4) is 5.69 Å². The van der Waals surface area contributed by atoms with E-state index in [1.54, 1.807) is 0 Å². The van der Waals surface area contributed by atoms with Crippen LogP contribution in [0.3, 0.4) is 0 Å². The summed E-state index contributed by atoms with van der Waals surface area (Å²) < 4.78 is 2.42. The lowest BCUT2D eigenvalue weighted by Gasteiger charge is -2.29. The summed E-state index contributed by atoms with van der Waals surface area (Å²) in [6, 6.07) is 15.8. The highest BCUT2D eigenvalue weighted by Gasteiger charge is 2.27. The van der Waals surface area contributed by atoms with Crippen molar-refractivity contribution in [3.05, 3.63) is 64.8 Å². The van der Waals surface area contributed by atoms with Gasteiger partial charge in [-0.3, -0.25) is 4.57 Å². The molecular weight excluding hydrogens is 428 g/mol. The monoisotopic (exact) mass is 468 g/mol. The molecule has 0 atom stereocenters. The molecule has 5 rings (SSSR count). The molecule has 0 aliphatic heterocycles. The number of benzene rings is 2. The first kappa shape index (κ1) is 23.9. The minimum absolute atomic E-state index is 0.824. The Morgan fingerprint density at radius 2 is 1.60 bits per heavy atom. The molecule has 184 valence electrons. The number of pyridine rings is 1. The molecule has 1 fully saturated rings. The number of rotatable bonds is 9. The third-order valence-corrected chi connectivity index (χ3v) is 7.69. The van der Waals surface area contributed by atoms with Crippen LogP contribution in [-0.2, 0) is 0 Å². The van der Waals surface area contributed by atoms with E-state index in [9.17, 15) is 0 Å². The van der Waals surface area contributed by atoms with E-state index < -0.39 is 0 Å². The van der Waals surface area contributed by atoms with Crippen molar-refractivity contribution in [2.45, 2.75) is 54.4 Å².